The fraction of sp³-hybridized carbons (Fsp3) is 0.625. The summed E-state index contributed by atoms with van der Waals surface area (Å²) in [5, 5.41) is 3.59. The minimum absolute atomic E-state index is 0.860. The summed E-state index contributed by atoms with van der Waals surface area (Å²) < 4.78 is 0. The largest absolute Gasteiger partial charge is 0.314 e. The zero-order valence-corrected chi connectivity index (χ0v) is 10.7. The van der Waals surface area contributed by atoms with E-state index in [2.05, 4.69) is 23.5 Å². The number of aryl methyl sites for hydroxylation is 3. The van der Waals surface area contributed by atoms with Gasteiger partial charge in [-0.25, -0.2) is 0 Å². The number of fused-ring (bicyclic) bond motifs is 1. The average Bonchev–Trinajstić information content (AvgIpc) is 3.18. The molecule has 3 rings (SSSR count). The Morgan fingerprint density at radius 3 is 2.71 bits per heavy atom. The first kappa shape index (κ1) is 11.3. The second-order valence-electron chi connectivity index (χ2n) is 5.64. The molecule has 0 bridgehead atoms. The second-order valence-corrected chi connectivity index (χ2v) is 5.64. The fourth-order valence-corrected chi connectivity index (χ4v) is 2.83. The van der Waals surface area contributed by atoms with Gasteiger partial charge in [0, 0.05) is 6.04 Å². The fourth-order valence-electron chi connectivity index (χ4n) is 2.83. The van der Waals surface area contributed by atoms with E-state index in [0.29, 0.717) is 0 Å². The van der Waals surface area contributed by atoms with Gasteiger partial charge in [0.25, 0.3) is 0 Å². The van der Waals surface area contributed by atoms with Crippen LogP contribution in [0.1, 0.15) is 48.8 Å². The highest BCUT2D eigenvalue weighted by atomic mass is 14.9. The average molecular weight is 229 g/mol. The molecule has 0 amide bonds. The van der Waals surface area contributed by atoms with Gasteiger partial charge in [0.2, 0.25) is 0 Å². The van der Waals surface area contributed by atoms with Gasteiger partial charge in [-0.3, -0.25) is 0 Å². The molecule has 0 atom stereocenters. The highest BCUT2D eigenvalue weighted by Gasteiger charge is 2.19. The predicted octanol–water partition coefficient (Wildman–Crippen LogP) is 3.25. The minimum Gasteiger partial charge on any atom is -0.314 e. The van der Waals surface area contributed by atoms with Crippen LogP contribution in [0.4, 0.5) is 0 Å². The van der Waals surface area contributed by atoms with E-state index in [9.17, 15) is 0 Å². The van der Waals surface area contributed by atoms with Crippen LogP contribution in [0.5, 0.6) is 0 Å². The van der Waals surface area contributed by atoms with E-state index in [1.165, 1.54) is 57.9 Å². The van der Waals surface area contributed by atoms with Gasteiger partial charge in [0.05, 0.1) is 0 Å². The van der Waals surface area contributed by atoms with Crippen LogP contribution < -0.4 is 5.32 Å². The molecule has 92 valence electrons. The van der Waals surface area contributed by atoms with E-state index >= 15 is 0 Å². The number of hydrogen-bond acceptors (Lipinski definition) is 1. The van der Waals surface area contributed by atoms with Crippen molar-refractivity contribution in [2.45, 2.75) is 57.4 Å². The Morgan fingerprint density at radius 2 is 1.88 bits per heavy atom. The van der Waals surface area contributed by atoms with Crippen molar-refractivity contribution in [2.24, 2.45) is 0 Å². The van der Waals surface area contributed by atoms with Crippen LogP contribution in [-0.4, -0.2) is 12.6 Å². The molecule has 1 heteroatoms. The van der Waals surface area contributed by atoms with Gasteiger partial charge in [-0.05, 0) is 74.6 Å². The zero-order valence-electron chi connectivity index (χ0n) is 10.7. The van der Waals surface area contributed by atoms with E-state index in [1.807, 2.05) is 0 Å². The summed E-state index contributed by atoms with van der Waals surface area (Å²) in [6.07, 6.45) is 10.7. The van der Waals surface area contributed by atoms with Crippen LogP contribution in [0.25, 0.3) is 0 Å². The quantitative estimate of drug-likeness (QED) is 0.764. The third kappa shape index (κ3) is 3.10. The summed E-state index contributed by atoms with van der Waals surface area (Å²) in [6, 6.07) is 8.05. The van der Waals surface area contributed by atoms with Crippen LogP contribution in [0.2, 0.25) is 0 Å². The molecule has 2 aliphatic rings. The standard InChI is InChI=1S/C16H23N/c1-2-6-15-12-13(7-8-14(15)5-1)4-3-11-17-16-9-10-16/h7-8,12,16-17H,1-6,9-11H2. The molecule has 0 unspecified atom stereocenters. The monoisotopic (exact) mass is 229 g/mol. The first-order valence-corrected chi connectivity index (χ1v) is 7.26. The van der Waals surface area contributed by atoms with Crippen molar-refractivity contribution in [1.82, 2.24) is 5.32 Å². The molecule has 2 aliphatic carbocycles. The van der Waals surface area contributed by atoms with Crippen LogP contribution >= 0.6 is 0 Å². The van der Waals surface area contributed by atoms with Crippen molar-refractivity contribution in [3.8, 4) is 0 Å². The molecule has 0 aliphatic heterocycles. The van der Waals surface area contributed by atoms with Gasteiger partial charge in [-0.1, -0.05) is 18.2 Å². The van der Waals surface area contributed by atoms with Crippen molar-refractivity contribution in [2.75, 3.05) is 6.54 Å². The highest BCUT2D eigenvalue weighted by Crippen LogP contribution is 2.23. The molecule has 1 N–H and O–H groups in total. The molecule has 1 fully saturated rings. The Bertz CT molecular complexity index is 379. The van der Waals surface area contributed by atoms with Gasteiger partial charge in [-0.2, -0.15) is 0 Å². The summed E-state index contributed by atoms with van der Waals surface area (Å²) in [7, 11) is 0. The molecule has 0 radical (unpaired) electrons. The molecular formula is C16H23N. The van der Waals surface area contributed by atoms with Crippen molar-refractivity contribution < 1.29 is 0 Å². The van der Waals surface area contributed by atoms with Crippen molar-refractivity contribution in [3.05, 3.63) is 34.9 Å². The predicted molar refractivity (Wildman–Crippen MR) is 72.4 cm³/mol. The summed E-state index contributed by atoms with van der Waals surface area (Å²) in [5.41, 5.74) is 4.78. The normalized spacial score (nSPS) is 19.1. The molecule has 1 aromatic carbocycles. The SMILES string of the molecule is c1cc2c(cc1CCCNC1CC1)CCCC2. The molecule has 1 aromatic rings. The van der Waals surface area contributed by atoms with Gasteiger partial charge in [0.15, 0.2) is 0 Å². The summed E-state index contributed by atoms with van der Waals surface area (Å²) in [4.78, 5) is 0. The third-order valence-corrected chi connectivity index (χ3v) is 4.07. The topological polar surface area (TPSA) is 12.0 Å². The molecule has 1 nitrogen and oxygen atoms in total. The maximum Gasteiger partial charge on any atom is 0.00682 e. The first-order valence-electron chi connectivity index (χ1n) is 7.26. The van der Waals surface area contributed by atoms with Crippen LogP contribution in [0.3, 0.4) is 0 Å². The number of nitrogens with one attached hydrogen (secondary N) is 1. The molecule has 0 spiro atoms. The summed E-state index contributed by atoms with van der Waals surface area (Å²) in [5.74, 6) is 0. The number of rotatable bonds is 5. The van der Waals surface area contributed by atoms with Crippen molar-refractivity contribution >= 4 is 0 Å². The van der Waals surface area contributed by atoms with E-state index in [1.54, 1.807) is 16.7 Å². The zero-order chi connectivity index (χ0) is 11.5. The lowest BCUT2D eigenvalue weighted by Gasteiger charge is -2.16. The highest BCUT2D eigenvalue weighted by molar-refractivity contribution is 5.33. The van der Waals surface area contributed by atoms with Crippen molar-refractivity contribution in [1.29, 1.82) is 0 Å². The van der Waals surface area contributed by atoms with Gasteiger partial charge in [-0.15, -0.1) is 0 Å². The van der Waals surface area contributed by atoms with Crippen molar-refractivity contribution in [3.63, 3.8) is 0 Å². The number of hydrogen-bond donors (Lipinski definition) is 1. The van der Waals surface area contributed by atoms with E-state index in [4.69, 9.17) is 0 Å². The van der Waals surface area contributed by atoms with Crippen LogP contribution in [0.15, 0.2) is 18.2 Å². The van der Waals surface area contributed by atoms with E-state index < -0.39 is 0 Å². The van der Waals surface area contributed by atoms with Crippen LogP contribution in [-0.2, 0) is 19.3 Å². The summed E-state index contributed by atoms with van der Waals surface area (Å²) >= 11 is 0. The summed E-state index contributed by atoms with van der Waals surface area (Å²) in [6.45, 7) is 1.20. The Morgan fingerprint density at radius 1 is 1.06 bits per heavy atom. The minimum atomic E-state index is 0.860. The Hall–Kier alpha value is -0.820. The lowest BCUT2D eigenvalue weighted by molar-refractivity contribution is 0.643. The number of benzene rings is 1. The molecular weight excluding hydrogens is 206 g/mol. The van der Waals surface area contributed by atoms with Crippen LogP contribution in [0, 0.1) is 0 Å². The van der Waals surface area contributed by atoms with E-state index in [0.717, 1.165) is 6.04 Å². The van der Waals surface area contributed by atoms with Gasteiger partial charge < -0.3 is 5.32 Å². The molecule has 0 heterocycles. The van der Waals surface area contributed by atoms with E-state index in [-0.39, 0.29) is 0 Å². The lowest BCUT2D eigenvalue weighted by Crippen LogP contribution is -2.17. The molecule has 17 heavy (non-hydrogen) atoms. The Labute approximate surface area is 105 Å². The lowest BCUT2D eigenvalue weighted by atomic mass is 9.90. The Balaban J connectivity index is 1.51. The smallest absolute Gasteiger partial charge is 0.00682 e. The molecule has 1 saturated carbocycles. The maximum absolute atomic E-state index is 3.59. The third-order valence-electron chi connectivity index (χ3n) is 4.07. The first-order chi connectivity index (χ1) is 8.42. The molecule has 0 aromatic heterocycles. The van der Waals surface area contributed by atoms with Gasteiger partial charge in [0.1, 0.15) is 0 Å². The maximum atomic E-state index is 3.59. The van der Waals surface area contributed by atoms with Gasteiger partial charge >= 0.3 is 0 Å². The molecule has 0 saturated heterocycles. The Kier molecular flexibility index (Phi) is 3.46. The second kappa shape index (κ2) is 5.22.